The molecule has 1 saturated heterocycles. The first-order valence-electron chi connectivity index (χ1n) is 5.16. The van der Waals surface area contributed by atoms with Crippen molar-refractivity contribution in [2.75, 3.05) is 30.8 Å². The van der Waals surface area contributed by atoms with Crippen LogP contribution in [0.2, 0.25) is 0 Å². The van der Waals surface area contributed by atoms with E-state index < -0.39 is 0 Å². The maximum atomic E-state index is 5.66. The molecule has 1 aliphatic heterocycles. The standard InChI is InChI=1S/C9H13N7/c1-11-5-3-16(4-5)8-7-6(2-12-15-7)13-9(10)14-8/h2,5,11H,3-4H2,1H3,(H,12,15)(H2,10,13,14). The van der Waals surface area contributed by atoms with Crippen molar-refractivity contribution >= 4 is 22.8 Å². The molecular formula is C9H13N7. The normalized spacial score (nSPS) is 16.7. The molecule has 0 saturated carbocycles. The fourth-order valence-corrected chi connectivity index (χ4v) is 1.90. The molecule has 84 valence electrons. The molecule has 3 heterocycles. The third-order valence-electron chi connectivity index (χ3n) is 2.89. The highest BCUT2D eigenvalue weighted by molar-refractivity contribution is 5.86. The van der Waals surface area contributed by atoms with Crippen molar-refractivity contribution in [2.24, 2.45) is 0 Å². The average Bonchev–Trinajstić information content (AvgIpc) is 2.63. The molecule has 7 heteroatoms. The van der Waals surface area contributed by atoms with Crippen LogP contribution in [0.5, 0.6) is 0 Å². The molecule has 0 atom stereocenters. The highest BCUT2D eigenvalue weighted by atomic mass is 15.3. The molecule has 0 radical (unpaired) electrons. The lowest BCUT2D eigenvalue weighted by Crippen LogP contribution is -2.57. The van der Waals surface area contributed by atoms with Crippen molar-refractivity contribution in [1.82, 2.24) is 25.5 Å². The molecule has 0 amide bonds. The van der Waals surface area contributed by atoms with E-state index in [-0.39, 0.29) is 5.95 Å². The van der Waals surface area contributed by atoms with Crippen LogP contribution in [0.3, 0.4) is 0 Å². The summed E-state index contributed by atoms with van der Waals surface area (Å²) in [5.74, 6) is 1.13. The number of nitrogen functional groups attached to an aromatic ring is 1. The lowest BCUT2D eigenvalue weighted by Gasteiger charge is -2.39. The van der Waals surface area contributed by atoms with Crippen LogP contribution in [0.15, 0.2) is 6.20 Å². The fraction of sp³-hybridized carbons (Fsp3) is 0.444. The van der Waals surface area contributed by atoms with Crippen LogP contribution in [0, 0.1) is 0 Å². The SMILES string of the molecule is CNC1CN(c2nc(N)nc3cn[nH]c23)C1. The molecule has 0 spiro atoms. The van der Waals surface area contributed by atoms with Crippen molar-refractivity contribution in [3.8, 4) is 0 Å². The zero-order chi connectivity index (χ0) is 11.1. The first-order valence-corrected chi connectivity index (χ1v) is 5.16. The van der Waals surface area contributed by atoms with Crippen molar-refractivity contribution in [2.45, 2.75) is 6.04 Å². The quantitative estimate of drug-likeness (QED) is 0.620. The van der Waals surface area contributed by atoms with Gasteiger partial charge in [0.05, 0.1) is 6.20 Å². The molecular weight excluding hydrogens is 206 g/mol. The van der Waals surface area contributed by atoms with Crippen LogP contribution < -0.4 is 16.0 Å². The number of hydrogen-bond acceptors (Lipinski definition) is 6. The Balaban J connectivity index is 2.00. The number of aromatic amines is 1. The minimum absolute atomic E-state index is 0.289. The van der Waals surface area contributed by atoms with E-state index in [2.05, 4.69) is 30.4 Å². The third kappa shape index (κ3) is 1.28. The fourth-order valence-electron chi connectivity index (χ4n) is 1.90. The number of likely N-dealkylation sites (N-methyl/N-ethyl adjacent to an activating group) is 1. The van der Waals surface area contributed by atoms with Crippen LogP contribution >= 0.6 is 0 Å². The Hall–Kier alpha value is -1.89. The van der Waals surface area contributed by atoms with Gasteiger partial charge in [-0.3, -0.25) is 5.10 Å². The van der Waals surface area contributed by atoms with Crippen molar-refractivity contribution in [3.05, 3.63) is 6.20 Å². The molecule has 7 nitrogen and oxygen atoms in total. The van der Waals surface area contributed by atoms with E-state index in [4.69, 9.17) is 5.73 Å². The highest BCUT2D eigenvalue weighted by Crippen LogP contribution is 2.25. The molecule has 1 fully saturated rings. The van der Waals surface area contributed by atoms with E-state index in [1.807, 2.05) is 7.05 Å². The molecule has 16 heavy (non-hydrogen) atoms. The summed E-state index contributed by atoms with van der Waals surface area (Å²) >= 11 is 0. The maximum Gasteiger partial charge on any atom is 0.222 e. The Morgan fingerprint density at radius 2 is 2.31 bits per heavy atom. The van der Waals surface area contributed by atoms with Crippen LogP contribution in [0.1, 0.15) is 0 Å². The van der Waals surface area contributed by atoms with Gasteiger partial charge >= 0.3 is 0 Å². The number of anilines is 2. The van der Waals surface area contributed by atoms with Gasteiger partial charge in [-0.15, -0.1) is 0 Å². The molecule has 3 rings (SSSR count). The minimum atomic E-state index is 0.289. The minimum Gasteiger partial charge on any atom is -0.368 e. The van der Waals surface area contributed by atoms with Gasteiger partial charge < -0.3 is 16.0 Å². The van der Waals surface area contributed by atoms with Crippen LogP contribution in [-0.2, 0) is 0 Å². The molecule has 2 aromatic rings. The molecule has 0 bridgehead atoms. The largest absolute Gasteiger partial charge is 0.368 e. The molecule has 4 N–H and O–H groups in total. The van der Waals surface area contributed by atoms with Gasteiger partial charge in [-0.2, -0.15) is 10.1 Å². The smallest absolute Gasteiger partial charge is 0.222 e. The van der Waals surface area contributed by atoms with E-state index in [0.29, 0.717) is 6.04 Å². The summed E-state index contributed by atoms with van der Waals surface area (Å²) in [6, 6.07) is 0.522. The predicted molar refractivity (Wildman–Crippen MR) is 61.2 cm³/mol. The average molecular weight is 219 g/mol. The summed E-state index contributed by atoms with van der Waals surface area (Å²) in [6.45, 7) is 1.86. The van der Waals surface area contributed by atoms with Crippen molar-refractivity contribution in [3.63, 3.8) is 0 Å². The second-order valence-electron chi connectivity index (χ2n) is 3.93. The van der Waals surface area contributed by atoms with Crippen molar-refractivity contribution < 1.29 is 0 Å². The number of nitrogens with zero attached hydrogens (tertiary/aromatic N) is 4. The third-order valence-corrected chi connectivity index (χ3v) is 2.89. The van der Waals surface area contributed by atoms with E-state index in [0.717, 1.165) is 29.9 Å². The van der Waals surface area contributed by atoms with Crippen LogP contribution in [0.4, 0.5) is 11.8 Å². The zero-order valence-corrected chi connectivity index (χ0v) is 8.94. The number of nitrogens with two attached hydrogens (primary N) is 1. The first kappa shape index (κ1) is 9.34. The van der Waals surface area contributed by atoms with Gasteiger partial charge in [-0.25, -0.2) is 4.98 Å². The Bertz CT molecular complexity index is 514. The Labute approximate surface area is 92.1 Å². The Morgan fingerprint density at radius 1 is 1.50 bits per heavy atom. The van der Waals surface area contributed by atoms with E-state index in [9.17, 15) is 0 Å². The van der Waals surface area contributed by atoms with Gasteiger partial charge in [-0.05, 0) is 7.05 Å². The van der Waals surface area contributed by atoms with E-state index in [1.54, 1.807) is 6.20 Å². The van der Waals surface area contributed by atoms with Gasteiger partial charge in [0.2, 0.25) is 5.95 Å². The van der Waals surface area contributed by atoms with Gasteiger partial charge in [0.1, 0.15) is 11.0 Å². The van der Waals surface area contributed by atoms with E-state index in [1.165, 1.54) is 0 Å². The number of hydrogen-bond donors (Lipinski definition) is 3. The highest BCUT2D eigenvalue weighted by Gasteiger charge is 2.28. The summed E-state index contributed by atoms with van der Waals surface area (Å²) in [5.41, 5.74) is 7.27. The molecule has 2 aromatic heterocycles. The lowest BCUT2D eigenvalue weighted by atomic mass is 10.1. The monoisotopic (exact) mass is 219 g/mol. The summed E-state index contributed by atoms with van der Waals surface area (Å²) in [7, 11) is 1.96. The van der Waals surface area contributed by atoms with Gasteiger partial charge in [0.25, 0.3) is 0 Å². The summed E-state index contributed by atoms with van der Waals surface area (Å²) < 4.78 is 0. The molecule has 0 aromatic carbocycles. The van der Waals surface area contributed by atoms with Gasteiger partial charge in [0, 0.05) is 19.1 Å². The second kappa shape index (κ2) is 3.31. The summed E-state index contributed by atoms with van der Waals surface area (Å²) in [6.07, 6.45) is 1.66. The molecule has 0 unspecified atom stereocenters. The summed E-state index contributed by atoms with van der Waals surface area (Å²) in [5, 5.41) is 10.1. The van der Waals surface area contributed by atoms with Gasteiger partial charge in [0.15, 0.2) is 5.82 Å². The second-order valence-corrected chi connectivity index (χ2v) is 3.93. The van der Waals surface area contributed by atoms with Crippen molar-refractivity contribution in [1.29, 1.82) is 0 Å². The molecule has 1 aliphatic rings. The Kier molecular flexibility index (Phi) is 1.93. The predicted octanol–water partition coefficient (Wildman–Crippen LogP) is -0.657. The summed E-state index contributed by atoms with van der Waals surface area (Å²) in [4.78, 5) is 10.5. The number of aromatic nitrogens is 4. The maximum absolute atomic E-state index is 5.66. The Morgan fingerprint density at radius 3 is 3.06 bits per heavy atom. The number of fused-ring (bicyclic) bond motifs is 1. The number of H-pyrrole nitrogens is 1. The number of rotatable bonds is 2. The van der Waals surface area contributed by atoms with E-state index >= 15 is 0 Å². The van der Waals surface area contributed by atoms with Crippen LogP contribution in [0.25, 0.3) is 11.0 Å². The topological polar surface area (TPSA) is 95.8 Å². The molecule has 0 aliphatic carbocycles. The zero-order valence-electron chi connectivity index (χ0n) is 8.94. The first-order chi connectivity index (χ1) is 7.78. The van der Waals surface area contributed by atoms with Gasteiger partial charge in [-0.1, -0.05) is 0 Å². The lowest BCUT2D eigenvalue weighted by molar-refractivity contribution is 0.448. The van der Waals surface area contributed by atoms with Crippen LogP contribution in [-0.4, -0.2) is 46.3 Å². The number of nitrogens with one attached hydrogen (secondary N) is 2.